The molecule has 12 heavy (non-hydrogen) atoms. The molecule has 0 saturated heterocycles. The molecular weight excluding hydrogens is 178 g/mol. The van der Waals surface area contributed by atoms with Crippen molar-refractivity contribution in [2.75, 3.05) is 18.8 Å². The molecule has 0 aromatic rings. The fourth-order valence-electron chi connectivity index (χ4n) is 0.803. The van der Waals surface area contributed by atoms with Gasteiger partial charge in [-0.25, -0.2) is 8.42 Å². The largest absolute Gasteiger partial charge is 0.748 e. The van der Waals surface area contributed by atoms with Crippen molar-refractivity contribution in [3.05, 3.63) is 12.7 Å². The lowest BCUT2D eigenvalue weighted by Gasteiger charge is -2.04. The molecule has 72 valence electrons. The molecule has 0 aliphatic rings. The first-order valence-corrected chi connectivity index (χ1v) is 5.50. The van der Waals surface area contributed by atoms with Crippen LogP contribution in [0.25, 0.3) is 0 Å². The summed E-state index contributed by atoms with van der Waals surface area (Å²) < 4.78 is 30.4. The molecule has 0 heterocycles. The van der Waals surface area contributed by atoms with E-state index in [4.69, 9.17) is 0 Å². The van der Waals surface area contributed by atoms with E-state index in [1.54, 1.807) is 6.08 Å². The summed E-state index contributed by atoms with van der Waals surface area (Å²) in [6, 6.07) is 0. The van der Waals surface area contributed by atoms with E-state index in [9.17, 15) is 13.0 Å². The van der Waals surface area contributed by atoms with E-state index in [0.717, 1.165) is 19.5 Å². The highest BCUT2D eigenvalue weighted by Gasteiger charge is 1.95. The van der Waals surface area contributed by atoms with Gasteiger partial charge in [-0.2, -0.15) is 0 Å². The van der Waals surface area contributed by atoms with Gasteiger partial charge in [0, 0.05) is 5.75 Å². The molecule has 0 atom stereocenters. The third-order valence-corrected chi connectivity index (χ3v) is 2.17. The fraction of sp³-hybridized carbons (Fsp3) is 0.714. The van der Waals surface area contributed by atoms with E-state index >= 15 is 0 Å². The van der Waals surface area contributed by atoms with E-state index in [1.807, 2.05) is 5.32 Å². The first kappa shape index (κ1) is 11.6. The van der Waals surface area contributed by atoms with Crippen LogP contribution in [0.4, 0.5) is 0 Å². The van der Waals surface area contributed by atoms with Crippen LogP contribution in [0.3, 0.4) is 0 Å². The summed E-state index contributed by atoms with van der Waals surface area (Å²) in [5, 5.41) is 2.02. The summed E-state index contributed by atoms with van der Waals surface area (Å²) in [4.78, 5) is 0. The topological polar surface area (TPSA) is 73.8 Å². The Balaban J connectivity index is 3.17. The summed E-state index contributed by atoms with van der Waals surface area (Å²) in [5.41, 5.74) is 0. The molecule has 0 bridgehead atoms. The number of nitrogens with two attached hydrogens (primary N) is 1. The Morgan fingerprint density at radius 2 is 2.08 bits per heavy atom. The lowest BCUT2D eigenvalue weighted by atomic mass is 10.3. The molecule has 0 amide bonds. The molecule has 0 aromatic carbocycles. The van der Waals surface area contributed by atoms with Gasteiger partial charge in [0.1, 0.15) is 0 Å². The number of unbranched alkanes of at least 4 members (excludes halogenated alkanes) is 1. The van der Waals surface area contributed by atoms with Crippen molar-refractivity contribution in [2.45, 2.75) is 12.8 Å². The molecule has 0 radical (unpaired) electrons. The van der Waals surface area contributed by atoms with Crippen LogP contribution in [-0.4, -0.2) is 31.8 Å². The second-order valence-corrected chi connectivity index (χ2v) is 4.09. The van der Waals surface area contributed by atoms with Crippen LogP contribution < -0.4 is 5.32 Å². The molecule has 0 aliphatic heterocycles. The highest BCUT2D eigenvalue weighted by molar-refractivity contribution is 7.85. The monoisotopic (exact) mass is 193 g/mol. The van der Waals surface area contributed by atoms with Crippen LogP contribution in [0.1, 0.15) is 12.8 Å². The van der Waals surface area contributed by atoms with E-state index in [1.165, 1.54) is 0 Å². The van der Waals surface area contributed by atoms with Crippen LogP contribution in [-0.2, 0) is 10.1 Å². The number of rotatable bonds is 7. The molecular formula is C7H15NO3S. The Morgan fingerprint density at radius 1 is 1.42 bits per heavy atom. The molecule has 0 aromatic heterocycles. The van der Waals surface area contributed by atoms with Gasteiger partial charge in [0.2, 0.25) is 0 Å². The van der Waals surface area contributed by atoms with Crippen molar-refractivity contribution in [2.24, 2.45) is 0 Å². The first-order valence-electron chi connectivity index (χ1n) is 3.92. The van der Waals surface area contributed by atoms with Crippen molar-refractivity contribution in [1.82, 2.24) is 0 Å². The van der Waals surface area contributed by atoms with Crippen LogP contribution >= 0.6 is 0 Å². The minimum absolute atomic E-state index is 0.241. The maximum absolute atomic E-state index is 10.1. The highest BCUT2D eigenvalue weighted by Crippen LogP contribution is 1.90. The van der Waals surface area contributed by atoms with Crippen LogP contribution in [0.2, 0.25) is 0 Å². The second kappa shape index (κ2) is 6.16. The van der Waals surface area contributed by atoms with Crippen LogP contribution in [0, 0.1) is 0 Å². The maximum atomic E-state index is 10.1. The summed E-state index contributed by atoms with van der Waals surface area (Å²) >= 11 is 0. The third-order valence-electron chi connectivity index (χ3n) is 1.39. The first-order chi connectivity index (χ1) is 5.56. The van der Waals surface area contributed by atoms with E-state index in [2.05, 4.69) is 6.58 Å². The zero-order chi connectivity index (χ0) is 9.45. The van der Waals surface area contributed by atoms with Crippen LogP contribution in [0.15, 0.2) is 12.7 Å². The smallest absolute Gasteiger partial charge is 0.0945 e. The van der Waals surface area contributed by atoms with Gasteiger partial charge in [-0.1, -0.05) is 6.58 Å². The molecule has 0 rings (SSSR count). The van der Waals surface area contributed by atoms with Gasteiger partial charge >= 0.3 is 0 Å². The lowest BCUT2D eigenvalue weighted by molar-refractivity contribution is -0.646. The zero-order valence-corrected chi connectivity index (χ0v) is 7.85. The van der Waals surface area contributed by atoms with E-state index in [0.29, 0.717) is 6.42 Å². The SMILES string of the molecule is C=CC[NH2+]CCCCS(=O)(=O)[O-]. The molecule has 0 unspecified atom stereocenters. The van der Waals surface area contributed by atoms with Crippen molar-refractivity contribution in [3.63, 3.8) is 0 Å². The van der Waals surface area contributed by atoms with Gasteiger partial charge in [0.05, 0.1) is 23.2 Å². The molecule has 2 N–H and O–H groups in total. The molecule has 4 nitrogen and oxygen atoms in total. The third kappa shape index (κ3) is 9.61. The van der Waals surface area contributed by atoms with Gasteiger partial charge in [0.15, 0.2) is 0 Å². The highest BCUT2D eigenvalue weighted by atomic mass is 32.2. The van der Waals surface area contributed by atoms with E-state index in [-0.39, 0.29) is 5.75 Å². The number of hydrogen-bond donors (Lipinski definition) is 1. The van der Waals surface area contributed by atoms with Crippen molar-refractivity contribution in [3.8, 4) is 0 Å². The molecule has 0 fully saturated rings. The Kier molecular flexibility index (Phi) is 5.96. The van der Waals surface area contributed by atoms with Gasteiger partial charge < -0.3 is 9.87 Å². The van der Waals surface area contributed by atoms with Gasteiger partial charge in [-0.05, 0) is 18.9 Å². The van der Waals surface area contributed by atoms with Gasteiger partial charge in [-0.3, -0.25) is 0 Å². The minimum atomic E-state index is -4.00. The maximum Gasteiger partial charge on any atom is 0.0945 e. The summed E-state index contributed by atoms with van der Waals surface area (Å²) in [7, 11) is -4.00. The molecule has 0 saturated carbocycles. The summed E-state index contributed by atoms with van der Waals surface area (Å²) in [6.07, 6.45) is 3.00. The Hall–Kier alpha value is -0.390. The summed E-state index contributed by atoms with van der Waals surface area (Å²) in [6.45, 7) is 5.23. The normalized spacial score (nSPS) is 11.4. The van der Waals surface area contributed by atoms with Gasteiger partial charge in [-0.15, -0.1) is 0 Å². The molecule has 0 spiro atoms. The molecule has 5 heteroatoms. The quantitative estimate of drug-likeness (QED) is 0.322. The average molecular weight is 193 g/mol. The predicted molar refractivity (Wildman–Crippen MR) is 45.7 cm³/mol. The van der Waals surface area contributed by atoms with Crippen molar-refractivity contribution in [1.29, 1.82) is 0 Å². The number of quaternary nitrogens is 1. The Labute approximate surface area is 73.4 Å². The predicted octanol–water partition coefficient (Wildman–Crippen LogP) is -0.939. The Bertz CT molecular complexity index is 211. The zero-order valence-electron chi connectivity index (χ0n) is 7.03. The fourth-order valence-corrected chi connectivity index (χ4v) is 1.36. The van der Waals surface area contributed by atoms with Gasteiger partial charge in [0.25, 0.3) is 0 Å². The molecule has 0 aliphatic carbocycles. The minimum Gasteiger partial charge on any atom is -0.748 e. The number of hydrogen-bond acceptors (Lipinski definition) is 3. The van der Waals surface area contributed by atoms with Crippen molar-refractivity contribution >= 4 is 10.1 Å². The second-order valence-electron chi connectivity index (χ2n) is 2.57. The lowest BCUT2D eigenvalue weighted by Crippen LogP contribution is -2.83. The average Bonchev–Trinajstić information content (AvgIpc) is 1.94. The Morgan fingerprint density at radius 3 is 2.58 bits per heavy atom. The standard InChI is InChI=1S/C7H15NO3S/c1-2-5-8-6-3-4-7-12(9,10)11/h2,8H,1,3-7H2,(H,9,10,11). The summed E-state index contributed by atoms with van der Waals surface area (Å²) in [5.74, 6) is -0.241. The van der Waals surface area contributed by atoms with Crippen LogP contribution in [0.5, 0.6) is 0 Å². The van der Waals surface area contributed by atoms with Crippen molar-refractivity contribution < 1.29 is 18.3 Å². The van der Waals surface area contributed by atoms with E-state index < -0.39 is 10.1 Å².